The van der Waals surface area contributed by atoms with Gasteiger partial charge in [0.05, 0.1) is 22.3 Å². The summed E-state index contributed by atoms with van der Waals surface area (Å²) >= 11 is 7.61. The molecule has 0 saturated heterocycles. The van der Waals surface area contributed by atoms with Gasteiger partial charge in [0.1, 0.15) is 6.54 Å². The van der Waals surface area contributed by atoms with Crippen molar-refractivity contribution in [3.8, 4) is 0 Å². The van der Waals surface area contributed by atoms with E-state index in [1.165, 1.54) is 18.4 Å². The van der Waals surface area contributed by atoms with E-state index in [0.717, 1.165) is 15.8 Å². The summed E-state index contributed by atoms with van der Waals surface area (Å²) in [7, 11) is 1.32. The molecule has 0 unspecified atom stereocenters. The summed E-state index contributed by atoms with van der Waals surface area (Å²) in [4.78, 5) is 29.2. The number of thiazole rings is 1. The zero-order valence-electron chi connectivity index (χ0n) is 14.6. The maximum absolute atomic E-state index is 12.7. The largest absolute Gasteiger partial charge is 0.468 e. The summed E-state index contributed by atoms with van der Waals surface area (Å²) in [6, 6.07) is 11.0. The molecule has 0 radical (unpaired) electrons. The molecule has 0 aliphatic heterocycles. The molecule has 0 fully saturated rings. The number of halogens is 1. The Hall–Kier alpha value is -2.44. The van der Waals surface area contributed by atoms with Gasteiger partial charge in [0.15, 0.2) is 4.80 Å². The highest BCUT2D eigenvalue weighted by molar-refractivity contribution is 7.16. The SMILES string of the molecule is COC(=O)Cn1c(=NC(=O)c2ccc(C)cc2C)sc2cccc(Cl)c21. The monoisotopic (exact) mass is 388 g/mol. The minimum atomic E-state index is -0.440. The number of nitrogens with zero attached hydrogens (tertiary/aromatic N) is 2. The predicted octanol–water partition coefficient (Wildman–Crippen LogP) is 3.89. The Kier molecular flexibility index (Phi) is 5.25. The molecule has 0 aliphatic rings. The first-order valence-electron chi connectivity index (χ1n) is 7.91. The minimum Gasteiger partial charge on any atom is -0.468 e. The molecule has 1 amide bonds. The van der Waals surface area contributed by atoms with Crippen LogP contribution in [0, 0.1) is 13.8 Å². The second-order valence-corrected chi connectivity index (χ2v) is 7.29. The zero-order chi connectivity index (χ0) is 18.8. The lowest BCUT2D eigenvalue weighted by Gasteiger charge is -2.05. The maximum atomic E-state index is 12.7. The summed E-state index contributed by atoms with van der Waals surface area (Å²) in [5, 5.41) is 0.489. The Bertz CT molecular complexity index is 1080. The van der Waals surface area contributed by atoms with Gasteiger partial charge in [-0.15, -0.1) is 0 Å². The quantitative estimate of drug-likeness (QED) is 0.639. The molecule has 3 rings (SSSR count). The normalized spacial score (nSPS) is 11.8. The van der Waals surface area contributed by atoms with Gasteiger partial charge in [0, 0.05) is 5.56 Å². The number of carbonyl (C=O) groups is 2. The maximum Gasteiger partial charge on any atom is 0.325 e. The first kappa shape index (κ1) is 18.4. The van der Waals surface area contributed by atoms with Crippen molar-refractivity contribution >= 4 is 45.0 Å². The molecule has 134 valence electrons. The topological polar surface area (TPSA) is 60.7 Å². The van der Waals surface area contributed by atoms with Crippen LogP contribution < -0.4 is 4.80 Å². The molecule has 0 N–H and O–H groups in total. The fraction of sp³-hybridized carbons (Fsp3) is 0.211. The summed E-state index contributed by atoms with van der Waals surface area (Å²) < 4.78 is 7.23. The van der Waals surface area contributed by atoms with Gasteiger partial charge in [-0.05, 0) is 37.6 Å². The first-order chi connectivity index (χ1) is 12.4. The van der Waals surface area contributed by atoms with E-state index in [9.17, 15) is 9.59 Å². The molecule has 0 aliphatic carbocycles. The molecule has 26 heavy (non-hydrogen) atoms. The third-order valence-electron chi connectivity index (χ3n) is 3.98. The third-order valence-corrected chi connectivity index (χ3v) is 5.32. The van der Waals surface area contributed by atoms with Gasteiger partial charge in [-0.2, -0.15) is 4.99 Å². The van der Waals surface area contributed by atoms with Crippen molar-refractivity contribution in [2.24, 2.45) is 4.99 Å². The average Bonchev–Trinajstić information content (AvgIpc) is 2.93. The van der Waals surface area contributed by atoms with E-state index in [1.807, 2.05) is 38.1 Å². The first-order valence-corrected chi connectivity index (χ1v) is 9.11. The van der Waals surface area contributed by atoms with Crippen molar-refractivity contribution in [1.82, 2.24) is 4.57 Å². The van der Waals surface area contributed by atoms with Crippen LogP contribution in [-0.4, -0.2) is 23.6 Å². The number of rotatable bonds is 3. The number of ether oxygens (including phenoxy) is 1. The molecular weight excluding hydrogens is 372 g/mol. The number of fused-ring (bicyclic) bond motifs is 1. The van der Waals surface area contributed by atoms with Gasteiger partial charge in [-0.1, -0.05) is 46.7 Å². The number of hydrogen-bond donors (Lipinski definition) is 0. The Morgan fingerprint density at radius 2 is 2.00 bits per heavy atom. The number of benzene rings is 2. The summed E-state index contributed by atoms with van der Waals surface area (Å²) in [6.45, 7) is 3.77. The van der Waals surface area contributed by atoms with Gasteiger partial charge in [-0.3, -0.25) is 9.59 Å². The van der Waals surface area contributed by atoms with E-state index < -0.39 is 5.97 Å². The fourth-order valence-electron chi connectivity index (χ4n) is 2.71. The van der Waals surface area contributed by atoms with Crippen molar-refractivity contribution in [3.05, 3.63) is 62.9 Å². The van der Waals surface area contributed by atoms with Gasteiger partial charge < -0.3 is 9.30 Å². The van der Waals surface area contributed by atoms with Crippen LogP contribution in [0.5, 0.6) is 0 Å². The average molecular weight is 389 g/mol. The molecule has 1 aromatic heterocycles. The van der Waals surface area contributed by atoms with Crippen LogP contribution in [0.15, 0.2) is 41.4 Å². The molecule has 2 aromatic carbocycles. The molecule has 0 bridgehead atoms. The molecule has 3 aromatic rings. The molecule has 0 atom stereocenters. The Morgan fingerprint density at radius 1 is 1.23 bits per heavy atom. The molecule has 0 saturated carbocycles. The second-order valence-electron chi connectivity index (χ2n) is 5.87. The molecule has 0 spiro atoms. The van der Waals surface area contributed by atoms with Gasteiger partial charge in [0.2, 0.25) is 0 Å². The van der Waals surface area contributed by atoms with Crippen LogP contribution in [0.4, 0.5) is 0 Å². The summed E-state index contributed by atoms with van der Waals surface area (Å²) in [5.74, 6) is -0.797. The smallest absolute Gasteiger partial charge is 0.325 e. The van der Waals surface area contributed by atoms with Crippen LogP contribution in [0.2, 0.25) is 5.02 Å². The van der Waals surface area contributed by atoms with Crippen LogP contribution >= 0.6 is 22.9 Å². The van der Waals surface area contributed by atoms with E-state index in [2.05, 4.69) is 4.99 Å². The van der Waals surface area contributed by atoms with Crippen molar-refractivity contribution < 1.29 is 14.3 Å². The van der Waals surface area contributed by atoms with E-state index in [0.29, 0.717) is 20.9 Å². The highest BCUT2D eigenvalue weighted by Crippen LogP contribution is 2.25. The Labute approximate surface area is 159 Å². The van der Waals surface area contributed by atoms with Crippen LogP contribution in [-0.2, 0) is 16.1 Å². The number of amides is 1. The van der Waals surface area contributed by atoms with Crippen LogP contribution in [0.1, 0.15) is 21.5 Å². The fourth-order valence-corrected chi connectivity index (χ4v) is 4.10. The predicted molar refractivity (Wildman–Crippen MR) is 103 cm³/mol. The van der Waals surface area contributed by atoms with E-state index in [1.54, 1.807) is 16.7 Å². The number of methoxy groups -OCH3 is 1. The highest BCUT2D eigenvalue weighted by atomic mass is 35.5. The molecule has 1 heterocycles. The van der Waals surface area contributed by atoms with Crippen molar-refractivity contribution in [2.45, 2.75) is 20.4 Å². The summed E-state index contributed by atoms with van der Waals surface area (Å²) in [6.07, 6.45) is 0. The zero-order valence-corrected chi connectivity index (χ0v) is 16.1. The van der Waals surface area contributed by atoms with Crippen molar-refractivity contribution in [2.75, 3.05) is 7.11 Å². The van der Waals surface area contributed by atoms with Crippen LogP contribution in [0.3, 0.4) is 0 Å². The third kappa shape index (κ3) is 3.57. The minimum absolute atomic E-state index is 0.0702. The number of para-hydroxylation sites is 1. The lowest BCUT2D eigenvalue weighted by Crippen LogP contribution is -2.22. The number of aromatic nitrogens is 1. The molecular formula is C19H17ClN2O3S. The van der Waals surface area contributed by atoms with Crippen LogP contribution in [0.25, 0.3) is 10.2 Å². The van der Waals surface area contributed by atoms with Gasteiger partial charge >= 0.3 is 5.97 Å². The Balaban J connectivity index is 2.18. The van der Waals surface area contributed by atoms with E-state index >= 15 is 0 Å². The van der Waals surface area contributed by atoms with Gasteiger partial charge in [-0.25, -0.2) is 0 Å². The molecule has 5 nitrogen and oxygen atoms in total. The van der Waals surface area contributed by atoms with Gasteiger partial charge in [0.25, 0.3) is 5.91 Å². The Morgan fingerprint density at radius 3 is 2.69 bits per heavy atom. The number of aryl methyl sites for hydroxylation is 2. The standard InChI is InChI=1S/C19H17ClN2O3S/c1-11-7-8-13(12(2)9-11)18(24)21-19-22(10-16(23)25-3)17-14(20)5-4-6-15(17)26-19/h4-9H,10H2,1-3H3. The molecule has 7 heteroatoms. The second kappa shape index (κ2) is 7.43. The lowest BCUT2D eigenvalue weighted by molar-refractivity contribution is -0.141. The highest BCUT2D eigenvalue weighted by Gasteiger charge is 2.15. The number of esters is 1. The lowest BCUT2D eigenvalue weighted by atomic mass is 10.1. The number of hydrogen-bond acceptors (Lipinski definition) is 4. The number of carbonyl (C=O) groups excluding carboxylic acids is 2. The van der Waals surface area contributed by atoms with E-state index in [4.69, 9.17) is 16.3 Å². The van der Waals surface area contributed by atoms with Crippen molar-refractivity contribution in [3.63, 3.8) is 0 Å². The summed E-state index contributed by atoms with van der Waals surface area (Å²) in [5.41, 5.74) is 3.13. The van der Waals surface area contributed by atoms with E-state index in [-0.39, 0.29) is 12.5 Å². The van der Waals surface area contributed by atoms with Crippen molar-refractivity contribution in [1.29, 1.82) is 0 Å².